The van der Waals surface area contributed by atoms with Crippen molar-refractivity contribution in [3.05, 3.63) is 0 Å². The van der Waals surface area contributed by atoms with Crippen LogP contribution in [0.3, 0.4) is 0 Å². The van der Waals surface area contributed by atoms with Crippen LogP contribution >= 0.6 is 0 Å². The van der Waals surface area contributed by atoms with E-state index in [1.54, 1.807) is 0 Å². The van der Waals surface area contributed by atoms with Crippen LogP contribution in [0.15, 0.2) is 15.3 Å². The monoisotopic (exact) mass is 252 g/mol. The Bertz CT molecular complexity index is 365. The van der Waals surface area contributed by atoms with Crippen molar-refractivity contribution in [1.82, 2.24) is 15.0 Å². The van der Waals surface area contributed by atoms with Crippen molar-refractivity contribution >= 4 is 17.1 Å². The molecular formula is C12H24N6. The molecule has 0 spiro atoms. The van der Waals surface area contributed by atoms with Gasteiger partial charge in [0.05, 0.1) is 11.4 Å². The molecule has 0 saturated heterocycles. The molecule has 0 amide bonds. The van der Waals surface area contributed by atoms with Crippen LogP contribution in [0, 0.1) is 0 Å². The predicted octanol–water partition coefficient (Wildman–Crippen LogP) is 0.923. The van der Waals surface area contributed by atoms with Crippen molar-refractivity contribution in [2.24, 2.45) is 15.3 Å². The molecular weight excluding hydrogens is 228 g/mol. The largest absolute Gasteiger partial charge is 0.303 e. The maximum Gasteiger partial charge on any atom is 0.0894 e. The summed E-state index contributed by atoms with van der Waals surface area (Å²) in [6.45, 7) is 0. The molecule has 18 heavy (non-hydrogen) atoms. The van der Waals surface area contributed by atoms with E-state index < -0.39 is 0 Å². The van der Waals surface area contributed by atoms with Gasteiger partial charge in [-0.2, -0.15) is 15.3 Å². The summed E-state index contributed by atoms with van der Waals surface area (Å²) in [6.07, 6.45) is 2.64. The smallest absolute Gasteiger partial charge is 0.0894 e. The number of rotatable bonds is 3. The third-order valence-electron chi connectivity index (χ3n) is 2.34. The van der Waals surface area contributed by atoms with E-state index in [0.717, 1.165) is 30.7 Å². The van der Waals surface area contributed by atoms with Gasteiger partial charge in [0.15, 0.2) is 0 Å². The summed E-state index contributed by atoms with van der Waals surface area (Å²) < 4.78 is 0. The van der Waals surface area contributed by atoms with E-state index in [-0.39, 0.29) is 0 Å². The highest BCUT2D eigenvalue weighted by Crippen LogP contribution is 2.13. The fourth-order valence-corrected chi connectivity index (χ4v) is 1.84. The van der Waals surface area contributed by atoms with Gasteiger partial charge in [-0.3, -0.25) is 0 Å². The van der Waals surface area contributed by atoms with Crippen LogP contribution in [0.4, 0.5) is 0 Å². The third kappa shape index (κ3) is 4.73. The van der Waals surface area contributed by atoms with Crippen LogP contribution in [0.1, 0.15) is 19.3 Å². The van der Waals surface area contributed by atoms with Crippen LogP contribution in [-0.4, -0.2) is 74.4 Å². The highest BCUT2D eigenvalue weighted by molar-refractivity contribution is 6.47. The van der Waals surface area contributed by atoms with E-state index in [4.69, 9.17) is 0 Å². The Morgan fingerprint density at radius 1 is 0.667 bits per heavy atom. The van der Waals surface area contributed by atoms with E-state index in [0.29, 0.717) is 0 Å². The Labute approximate surface area is 110 Å². The molecule has 1 rings (SSSR count). The van der Waals surface area contributed by atoms with Gasteiger partial charge in [-0.15, -0.1) is 0 Å². The summed E-state index contributed by atoms with van der Waals surface area (Å²) in [6, 6.07) is 0. The zero-order chi connectivity index (χ0) is 13.7. The summed E-state index contributed by atoms with van der Waals surface area (Å²) in [5.41, 5.74) is 3.24. The van der Waals surface area contributed by atoms with Crippen molar-refractivity contribution in [2.45, 2.75) is 19.3 Å². The van der Waals surface area contributed by atoms with E-state index in [2.05, 4.69) is 15.3 Å². The Balaban J connectivity index is 2.94. The highest BCUT2D eigenvalue weighted by atomic mass is 15.4. The molecule has 0 heterocycles. The second-order valence-electron chi connectivity index (χ2n) is 4.98. The summed E-state index contributed by atoms with van der Waals surface area (Å²) in [7, 11) is 11.6. The first-order valence-electron chi connectivity index (χ1n) is 6.12. The van der Waals surface area contributed by atoms with Crippen LogP contribution < -0.4 is 0 Å². The standard InChI is InChI=1S/C12H24N6/c1-16(2)13-10-7-8-11(14-17(3)4)12(9-10)15-18(5)6/h7-9H2,1-6H3/b13-10+,14-11-,15-12+. The molecule has 0 N–H and O–H groups in total. The maximum atomic E-state index is 4.52. The molecule has 1 fully saturated rings. The number of hydrazone groups is 3. The topological polar surface area (TPSA) is 46.8 Å². The SMILES string of the molecule is CN(C)/N=C1/CC/C(=N\N(C)C)C/C1=N\N(C)C. The lowest BCUT2D eigenvalue weighted by molar-refractivity contribution is 0.428. The Morgan fingerprint density at radius 3 is 1.67 bits per heavy atom. The van der Waals surface area contributed by atoms with Gasteiger partial charge >= 0.3 is 0 Å². The molecule has 0 aromatic rings. The fraction of sp³-hybridized carbons (Fsp3) is 0.750. The molecule has 0 aromatic heterocycles. The Kier molecular flexibility index (Phi) is 5.12. The molecule has 0 aliphatic heterocycles. The quantitative estimate of drug-likeness (QED) is 0.702. The Morgan fingerprint density at radius 2 is 1.17 bits per heavy atom. The van der Waals surface area contributed by atoms with Crippen molar-refractivity contribution in [3.63, 3.8) is 0 Å². The van der Waals surface area contributed by atoms with Crippen molar-refractivity contribution in [1.29, 1.82) is 0 Å². The fourth-order valence-electron chi connectivity index (χ4n) is 1.84. The van der Waals surface area contributed by atoms with Gasteiger partial charge in [0.1, 0.15) is 0 Å². The highest BCUT2D eigenvalue weighted by Gasteiger charge is 2.21. The zero-order valence-electron chi connectivity index (χ0n) is 12.3. The van der Waals surface area contributed by atoms with Crippen molar-refractivity contribution < 1.29 is 0 Å². The molecule has 0 bridgehead atoms. The summed E-state index contributed by atoms with van der Waals surface area (Å²) in [4.78, 5) is 0. The van der Waals surface area contributed by atoms with Crippen LogP contribution in [-0.2, 0) is 0 Å². The second-order valence-corrected chi connectivity index (χ2v) is 4.98. The van der Waals surface area contributed by atoms with Gasteiger partial charge in [-0.25, -0.2) is 0 Å². The second kappa shape index (κ2) is 6.37. The minimum atomic E-state index is 0.781. The molecule has 102 valence electrons. The van der Waals surface area contributed by atoms with E-state index >= 15 is 0 Å². The van der Waals surface area contributed by atoms with E-state index in [1.807, 2.05) is 57.3 Å². The van der Waals surface area contributed by atoms with Crippen LogP contribution in [0.5, 0.6) is 0 Å². The lowest BCUT2D eigenvalue weighted by Gasteiger charge is -2.21. The van der Waals surface area contributed by atoms with Crippen LogP contribution in [0.25, 0.3) is 0 Å². The lowest BCUT2D eigenvalue weighted by Crippen LogP contribution is -2.30. The van der Waals surface area contributed by atoms with Gasteiger partial charge < -0.3 is 15.0 Å². The van der Waals surface area contributed by atoms with Crippen molar-refractivity contribution in [2.75, 3.05) is 42.3 Å². The maximum absolute atomic E-state index is 4.52. The molecule has 0 unspecified atom stereocenters. The first kappa shape index (κ1) is 14.5. The van der Waals surface area contributed by atoms with Gasteiger partial charge in [0.25, 0.3) is 0 Å². The Hall–Kier alpha value is -1.59. The van der Waals surface area contributed by atoms with Gasteiger partial charge in [-0.05, 0) is 12.8 Å². The average molecular weight is 252 g/mol. The number of hydrogen-bond donors (Lipinski definition) is 0. The lowest BCUT2D eigenvalue weighted by atomic mass is 9.94. The molecule has 0 radical (unpaired) electrons. The first-order chi connectivity index (χ1) is 8.38. The normalized spacial score (nSPS) is 22.7. The molecule has 1 aliphatic carbocycles. The van der Waals surface area contributed by atoms with Crippen LogP contribution in [0.2, 0.25) is 0 Å². The van der Waals surface area contributed by atoms with Gasteiger partial charge in [-0.1, -0.05) is 0 Å². The average Bonchev–Trinajstić information content (AvgIpc) is 2.19. The molecule has 6 heteroatoms. The van der Waals surface area contributed by atoms with Crippen molar-refractivity contribution in [3.8, 4) is 0 Å². The summed E-state index contributed by atoms with van der Waals surface area (Å²) in [5.74, 6) is 0. The summed E-state index contributed by atoms with van der Waals surface area (Å²) in [5, 5.41) is 19.0. The zero-order valence-corrected chi connectivity index (χ0v) is 12.3. The minimum Gasteiger partial charge on any atom is -0.303 e. The minimum absolute atomic E-state index is 0.781. The summed E-state index contributed by atoms with van der Waals surface area (Å²) >= 11 is 0. The van der Waals surface area contributed by atoms with E-state index in [9.17, 15) is 0 Å². The predicted molar refractivity (Wildman–Crippen MR) is 77.2 cm³/mol. The molecule has 1 aliphatic rings. The third-order valence-corrected chi connectivity index (χ3v) is 2.34. The van der Waals surface area contributed by atoms with E-state index in [1.165, 1.54) is 5.71 Å². The number of hydrogen-bond acceptors (Lipinski definition) is 6. The number of nitrogens with zero attached hydrogens (tertiary/aromatic N) is 6. The first-order valence-corrected chi connectivity index (χ1v) is 6.12. The molecule has 0 aromatic carbocycles. The molecule has 6 nitrogen and oxygen atoms in total. The van der Waals surface area contributed by atoms with Gasteiger partial charge in [0.2, 0.25) is 0 Å². The molecule has 1 saturated carbocycles. The molecule has 0 atom stereocenters. The van der Waals surface area contributed by atoms with Gasteiger partial charge in [0, 0.05) is 54.4 Å².